The Kier molecular flexibility index (Phi) is 5.59. The van der Waals surface area contributed by atoms with E-state index in [2.05, 4.69) is 70.2 Å². The van der Waals surface area contributed by atoms with Crippen LogP contribution in [0.2, 0.25) is 0 Å². The number of likely N-dealkylation sites (tertiary alicyclic amines) is 1. The third-order valence-electron chi connectivity index (χ3n) is 6.54. The van der Waals surface area contributed by atoms with Crippen LogP contribution in [0.3, 0.4) is 0 Å². The molecule has 2 aliphatic rings. The molecule has 0 radical (unpaired) electrons. The molecule has 2 saturated heterocycles. The summed E-state index contributed by atoms with van der Waals surface area (Å²) in [6.45, 7) is 7.03. The number of hydrogen-bond acceptors (Lipinski definition) is 5. The maximum atomic E-state index is 9.45. The molecule has 0 N–H and O–H groups in total. The molecule has 0 bridgehead atoms. The van der Waals surface area contributed by atoms with E-state index in [1.165, 1.54) is 12.0 Å². The van der Waals surface area contributed by atoms with Gasteiger partial charge in [0.15, 0.2) is 0 Å². The van der Waals surface area contributed by atoms with Crippen molar-refractivity contribution in [1.29, 1.82) is 5.26 Å². The van der Waals surface area contributed by atoms with Gasteiger partial charge in [-0.25, -0.2) is 0 Å². The van der Waals surface area contributed by atoms with E-state index < -0.39 is 0 Å². The molecule has 1 aromatic heterocycles. The molecule has 5 rings (SSSR count). The van der Waals surface area contributed by atoms with Crippen LogP contribution in [0.25, 0.3) is 10.9 Å². The SMILES string of the molecule is C[C@@H]1CN(c2ccc(C#N)c3ncccc23)C[C@@H](CN2CCC(c3ccccc3)C2)O1. The Morgan fingerprint density at radius 2 is 1.94 bits per heavy atom. The van der Waals surface area contributed by atoms with Crippen molar-refractivity contribution in [3.8, 4) is 6.07 Å². The van der Waals surface area contributed by atoms with Gasteiger partial charge in [-0.2, -0.15) is 5.26 Å². The summed E-state index contributed by atoms with van der Waals surface area (Å²) in [7, 11) is 0. The van der Waals surface area contributed by atoms with Crippen molar-refractivity contribution >= 4 is 16.6 Å². The summed E-state index contributed by atoms with van der Waals surface area (Å²) in [4.78, 5) is 9.44. The van der Waals surface area contributed by atoms with Crippen molar-refractivity contribution in [1.82, 2.24) is 9.88 Å². The number of nitriles is 1. The van der Waals surface area contributed by atoms with Crippen LogP contribution in [0.4, 0.5) is 5.69 Å². The number of anilines is 1. The zero-order chi connectivity index (χ0) is 21.2. The fourth-order valence-corrected chi connectivity index (χ4v) is 5.15. The van der Waals surface area contributed by atoms with Gasteiger partial charge >= 0.3 is 0 Å². The standard InChI is InChI=1S/C26H28N4O/c1-19-15-30(25-10-9-21(14-27)26-24(25)8-5-12-28-26)18-23(31-19)17-29-13-11-22(16-29)20-6-3-2-4-7-20/h2-10,12,19,22-23H,11,13,15-18H2,1H3/t19-,22?,23-/m1/s1. The molecule has 1 unspecified atom stereocenters. The number of morpholine rings is 1. The summed E-state index contributed by atoms with van der Waals surface area (Å²) in [5.41, 5.74) is 4.00. The fourth-order valence-electron chi connectivity index (χ4n) is 5.15. The molecule has 2 fully saturated rings. The summed E-state index contributed by atoms with van der Waals surface area (Å²) in [5, 5.41) is 10.5. The smallest absolute Gasteiger partial charge is 0.101 e. The van der Waals surface area contributed by atoms with Crippen LogP contribution in [0.1, 0.15) is 30.4 Å². The lowest BCUT2D eigenvalue weighted by Crippen LogP contribution is -2.50. The predicted octanol–water partition coefficient (Wildman–Crippen LogP) is 4.19. The molecule has 0 amide bonds. The molecule has 5 nitrogen and oxygen atoms in total. The van der Waals surface area contributed by atoms with Crippen LogP contribution in [-0.2, 0) is 4.74 Å². The van der Waals surface area contributed by atoms with E-state index in [9.17, 15) is 5.26 Å². The topological polar surface area (TPSA) is 52.4 Å². The average Bonchev–Trinajstić information content (AvgIpc) is 3.27. The van der Waals surface area contributed by atoms with Gasteiger partial charge in [-0.05, 0) is 55.6 Å². The average molecular weight is 413 g/mol. The van der Waals surface area contributed by atoms with E-state index in [1.807, 2.05) is 12.1 Å². The molecular weight excluding hydrogens is 384 g/mol. The Labute approximate surface area is 183 Å². The van der Waals surface area contributed by atoms with E-state index in [1.54, 1.807) is 6.20 Å². The van der Waals surface area contributed by atoms with Crippen molar-refractivity contribution in [3.05, 3.63) is 71.9 Å². The highest BCUT2D eigenvalue weighted by Crippen LogP contribution is 2.31. The first kappa shape index (κ1) is 20.0. The summed E-state index contributed by atoms with van der Waals surface area (Å²) in [5.74, 6) is 0.617. The van der Waals surface area contributed by atoms with Gasteiger partial charge in [0.1, 0.15) is 6.07 Å². The van der Waals surface area contributed by atoms with Crippen molar-refractivity contribution < 1.29 is 4.74 Å². The molecule has 2 aliphatic heterocycles. The van der Waals surface area contributed by atoms with E-state index in [0.717, 1.165) is 49.3 Å². The van der Waals surface area contributed by atoms with Crippen LogP contribution in [-0.4, -0.2) is 54.8 Å². The summed E-state index contributed by atoms with van der Waals surface area (Å²) in [6, 6.07) is 21.1. The van der Waals surface area contributed by atoms with Crippen molar-refractivity contribution in [2.24, 2.45) is 0 Å². The van der Waals surface area contributed by atoms with E-state index in [-0.39, 0.29) is 12.2 Å². The first-order valence-electron chi connectivity index (χ1n) is 11.2. The van der Waals surface area contributed by atoms with Gasteiger partial charge in [0.2, 0.25) is 0 Å². The third-order valence-corrected chi connectivity index (χ3v) is 6.54. The Hall–Kier alpha value is -2.94. The van der Waals surface area contributed by atoms with E-state index in [0.29, 0.717) is 11.5 Å². The minimum Gasteiger partial charge on any atom is -0.370 e. The zero-order valence-electron chi connectivity index (χ0n) is 17.9. The number of benzene rings is 2. The highest BCUT2D eigenvalue weighted by Gasteiger charge is 2.31. The van der Waals surface area contributed by atoms with Crippen molar-refractivity contribution in [2.75, 3.05) is 37.6 Å². The Balaban J connectivity index is 1.31. The number of nitrogens with zero attached hydrogens (tertiary/aromatic N) is 4. The Bertz CT molecular complexity index is 1090. The molecule has 0 spiro atoms. The Morgan fingerprint density at radius 3 is 2.77 bits per heavy atom. The molecule has 3 heterocycles. The second kappa shape index (κ2) is 8.66. The third kappa shape index (κ3) is 4.14. The van der Waals surface area contributed by atoms with Gasteiger partial charge < -0.3 is 14.5 Å². The number of pyridine rings is 1. The molecule has 5 heteroatoms. The second-order valence-electron chi connectivity index (χ2n) is 8.77. The van der Waals surface area contributed by atoms with Crippen molar-refractivity contribution in [2.45, 2.75) is 31.5 Å². The number of fused-ring (bicyclic) bond motifs is 1. The number of ether oxygens (including phenoxy) is 1. The molecule has 3 aromatic rings. The molecular formula is C26H28N4O. The van der Waals surface area contributed by atoms with Gasteiger partial charge in [-0.3, -0.25) is 4.98 Å². The van der Waals surface area contributed by atoms with Gasteiger partial charge in [0.05, 0.1) is 23.3 Å². The fraction of sp³-hybridized carbons (Fsp3) is 0.385. The highest BCUT2D eigenvalue weighted by atomic mass is 16.5. The van der Waals surface area contributed by atoms with Crippen LogP contribution in [0, 0.1) is 11.3 Å². The molecule has 0 saturated carbocycles. The molecule has 0 aliphatic carbocycles. The van der Waals surface area contributed by atoms with Crippen LogP contribution >= 0.6 is 0 Å². The number of rotatable bonds is 4. The number of hydrogen-bond donors (Lipinski definition) is 0. The van der Waals surface area contributed by atoms with Gasteiger partial charge in [0.25, 0.3) is 0 Å². The summed E-state index contributed by atoms with van der Waals surface area (Å²) in [6.07, 6.45) is 3.30. The lowest BCUT2D eigenvalue weighted by molar-refractivity contribution is -0.0295. The maximum Gasteiger partial charge on any atom is 0.101 e. The normalized spacial score (nSPS) is 24.4. The lowest BCUT2D eigenvalue weighted by atomic mass is 9.99. The van der Waals surface area contributed by atoms with Crippen LogP contribution in [0.5, 0.6) is 0 Å². The lowest BCUT2D eigenvalue weighted by Gasteiger charge is -2.40. The minimum atomic E-state index is 0.161. The first-order chi connectivity index (χ1) is 15.2. The van der Waals surface area contributed by atoms with Crippen LogP contribution in [0.15, 0.2) is 60.8 Å². The minimum absolute atomic E-state index is 0.161. The molecule has 2 aromatic carbocycles. The first-order valence-corrected chi connectivity index (χ1v) is 11.2. The van der Waals surface area contributed by atoms with Gasteiger partial charge in [0, 0.05) is 43.4 Å². The van der Waals surface area contributed by atoms with E-state index >= 15 is 0 Å². The zero-order valence-corrected chi connectivity index (χ0v) is 17.9. The molecule has 31 heavy (non-hydrogen) atoms. The summed E-state index contributed by atoms with van der Waals surface area (Å²) < 4.78 is 6.35. The van der Waals surface area contributed by atoms with Crippen LogP contribution < -0.4 is 4.90 Å². The Morgan fingerprint density at radius 1 is 1.06 bits per heavy atom. The molecule has 158 valence electrons. The monoisotopic (exact) mass is 412 g/mol. The van der Waals surface area contributed by atoms with Crippen molar-refractivity contribution in [3.63, 3.8) is 0 Å². The second-order valence-corrected chi connectivity index (χ2v) is 8.77. The maximum absolute atomic E-state index is 9.45. The molecule has 3 atom stereocenters. The largest absolute Gasteiger partial charge is 0.370 e. The summed E-state index contributed by atoms with van der Waals surface area (Å²) >= 11 is 0. The number of aromatic nitrogens is 1. The quantitative estimate of drug-likeness (QED) is 0.643. The van der Waals surface area contributed by atoms with E-state index in [4.69, 9.17) is 4.74 Å². The van der Waals surface area contributed by atoms with Gasteiger partial charge in [-0.1, -0.05) is 30.3 Å². The highest BCUT2D eigenvalue weighted by molar-refractivity contribution is 5.95. The van der Waals surface area contributed by atoms with Gasteiger partial charge in [-0.15, -0.1) is 0 Å². The predicted molar refractivity (Wildman–Crippen MR) is 123 cm³/mol.